The summed E-state index contributed by atoms with van der Waals surface area (Å²) in [6.07, 6.45) is 4.41. The van der Waals surface area contributed by atoms with Gasteiger partial charge in [0.1, 0.15) is 0 Å². The van der Waals surface area contributed by atoms with Crippen LogP contribution in [-0.4, -0.2) is 6.54 Å². The van der Waals surface area contributed by atoms with Crippen molar-refractivity contribution in [2.45, 2.75) is 39.5 Å². The molecule has 0 aliphatic carbocycles. The highest BCUT2D eigenvalue weighted by Gasteiger charge is 2.13. The lowest BCUT2D eigenvalue weighted by Gasteiger charge is -2.17. The van der Waals surface area contributed by atoms with Gasteiger partial charge in [0.25, 0.3) is 0 Å². The summed E-state index contributed by atoms with van der Waals surface area (Å²) in [5, 5.41) is 2.94. The number of nitrogen functional groups attached to an aromatic ring is 1. The zero-order valence-electron chi connectivity index (χ0n) is 11.1. The topological polar surface area (TPSA) is 38.0 Å². The molecule has 0 aliphatic rings. The monoisotopic (exact) mass is 256 g/mol. The van der Waals surface area contributed by atoms with E-state index >= 15 is 0 Å². The smallest absolute Gasteiger partial charge is 0.183 e. The van der Waals surface area contributed by atoms with Crippen LogP contribution in [0.5, 0.6) is 0 Å². The van der Waals surface area contributed by atoms with Gasteiger partial charge in [-0.2, -0.15) is 0 Å². The molecule has 3 N–H and O–H groups in total. The van der Waals surface area contributed by atoms with Crippen molar-refractivity contribution in [3.63, 3.8) is 0 Å². The Morgan fingerprint density at radius 2 is 2.00 bits per heavy atom. The van der Waals surface area contributed by atoms with E-state index in [1.165, 1.54) is 6.07 Å². The quantitative estimate of drug-likeness (QED) is 0.718. The minimum Gasteiger partial charge on any atom is -0.397 e. The van der Waals surface area contributed by atoms with E-state index in [-0.39, 0.29) is 11.4 Å². The van der Waals surface area contributed by atoms with Crippen molar-refractivity contribution in [2.24, 2.45) is 5.92 Å². The van der Waals surface area contributed by atoms with Crippen molar-refractivity contribution in [3.05, 3.63) is 23.8 Å². The maximum absolute atomic E-state index is 13.6. The lowest BCUT2D eigenvalue weighted by Crippen LogP contribution is -2.16. The first-order valence-corrected chi connectivity index (χ1v) is 6.57. The molecule has 102 valence electrons. The molecule has 0 amide bonds. The van der Waals surface area contributed by atoms with Gasteiger partial charge in [-0.1, -0.05) is 33.1 Å². The molecule has 0 fully saturated rings. The van der Waals surface area contributed by atoms with Crippen molar-refractivity contribution in [1.82, 2.24) is 0 Å². The van der Waals surface area contributed by atoms with E-state index in [1.807, 2.05) is 0 Å². The van der Waals surface area contributed by atoms with Gasteiger partial charge in [-0.05, 0) is 24.5 Å². The fourth-order valence-corrected chi connectivity index (χ4v) is 1.93. The lowest BCUT2D eigenvalue weighted by atomic mass is 9.99. The summed E-state index contributed by atoms with van der Waals surface area (Å²) in [6, 6.07) is 2.43. The lowest BCUT2D eigenvalue weighted by molar-refractivity contribution is 0.469. The van der Waals surface area contributed by atoms with Crippen LogP contribution in [0.25, 0.3) is 0 Å². The average molecular weight is 256 g/mol. The third-order valence-electron chi connectivity index (χ3n) is 3.24. The van der Waals surface area contributed by atoms with Crippen LogP contribution in [0, 0.1) is 17.6 Å². The number of nitrogens with two attached hydrogens (primary N) is 1. The first-order chi connectivity index (χ1) is 8.60. The number of nitrogens with one attached hydrogen (secondary N) is 1. The number of benzene rings is 1. The van der Waals surface area contributed by atoms with Crippen LogP contribution in [0.4, 0.5) is 20.2 Å². The van der Waals surface area contributed by atoms with Gasteiger partial charge >= 0.3 is 0 Å². The fourth-order valence-electron chi connectivity index (χ4n) is 1.93. The molecule has 0 bridgehead atoms. The highest BCUT2D eigenvalue weighted by atomic mass is 19.2. The highest BCUT2D eigenvalue weighted by molar-refractivity contribution is 5.66. The van der Waals surface area contributed by atoms with Crippen molar-refractivity contribution >= 4 is 11.4 Å². The third-order valence-corrected chi connectivity index (χ3v) is 3.24. The molecule has 1 unspecified atom stereocenters. The molecular weight excluding hydrogens is 234 g/mol. The van der Waals surface area contributed by atoms with E-state index in [4.69, 9.17) is 5.73 Å². The summed E-state index contributed by atoms with van der Waals surface area (Å²) in [5.41, 5.74) is 5.99. The molecule has 2 nitrogen and oxygen atoms in total. The van der Waals surface area contributed by atoms with E-state index in [9.17, 15) is 8.78 Å². The number of hydrogen-bond donors (Lipinski definition) is 2. The standard InChI is InChI=1S/C14H22F2N2/c1-3-5-6-10(4-2)9-18-14-12(17)8-7-11(15)13(14)16/h7-8,10,18H,3-6,9,17H2,1-2H3. The highest BCUT2D eigenvalue weighted by Crippen LogP contribution is 2.25. The van der Waals surface area contributed by atoms with E-state index in [0.29, 0.717) is 12.5 Å². The van der Waals surface area contributed by atoms with Gasteiger partial charge in [0.05, 0.1) is 11.4 Å². The van der Waals surface area contributed by atoms with E-state index in [1.54, 1.807) is 0 Å². The molecule has 1 aromatic carbocycles. The van der Waals surface area contributed by atoms with Crippen molar-refractivity contribution < 1.29 is 8.78 Å². The van der Waals surface area contributed by atoms with Crippen molar-refractivity contribution in [1.29, 1.82) is 0 Å². The van der Waals surface area contributed by atoms with Gasteiger partial charge < -0.3 is 11.1 Å². The molecule has 0 heterocycles. The van der Waals surface area contributed by atoms with Gasteiger partial charge in [0.2, 0.25) is 0 Å². The Labute approximate surface area is 108 Å². The maximum Gasteiger partial charge on any atom is 0.183 e. The zero-order chi connectivity index (χ0) is 13.5. The van der Waals surface area contributed by atoms with E-state index in [2.05, 4.69) is 19.2 Å². The molecule has 0 saturated heterocycles. The minimum absolute atomic E-state index is 0.0879. The molecular formula is C14H22F2N2. The molecule has 18 heavy (non-hydrogen) atoms. The molecule has 0 saturated carbocycles. The Morgan fingerprint density at radius 1 is 1.28 bits per heavy atom. The normalized spacial score (nSPS) is 12.4. The van der Waals surface area contributed by atoms with Crippen LogP contribution < -0.4 is 11.1 Å². The van der Waals surface area contributed by atoms with Gasteiger partial charge in [-0.15, -0.1) is 0 Å². The fraction of sp³-hybridized carbons (Fsp3) is 0.571. The molecule has 1 aromatic rings. The summed E-state index contributed by atoms with van der Waals surface area (Å²) >= 11 is 0. The second-order valence-corrected chi connectivity index (χ2v) is 4.62. The Hall–Kier alpha value is -1.32. The number of halogens is 2. The average Bonchev–Trinajstić information content (AvgIpc) is 2.37. The van der Waals surface area contributed by atoms with Gasteiger partial charge in [-0.3, -0.25) is 0 Å². The number of rotatable bonds is 7. The molecule has 0 radical (unpaired) electrons. The van der Waals surface area contributed by atoms with Crippen molar-refractivity contribution in [2.75, 3.05) is 17.6 Å². The summed E-state index contributed by atoms with van der Waals surface area (Å²) in [7, 11) is 0. The molecule has 1 rings (SSSR count). The largest absolute Gasteiger partial charge is 0.397 e. The van der Waals surface area contributed by atoms with Crippen molar-refractivity contribution in [3.8, 4) is 0 Å². The maximum atomic E-state index is 13.6. The SMILES string of the molecule is CCCCC(CC)CNc1c(N)ccc(F)c1F. The number of anilines is 2. The Kier molecular flexibility index (Phi) is 5.89. The van der Waals surface area contributed by atoms with Gasteiger partial charge in [0.15, 0.2) is 11.6 Å². The Bertz CT molecular complexity index is 380. The predicted molar refractivity (Wildman–Crippen MR) is 72.6 cm³/mol. The van der Waals surface area contributed by atoms with E-state index < -0.39 is 11.6 Å². The molecule has 0 aromatic heterocycles. The Balaban J connectivity index is 2.64. The summed E-state index contributed by atoms with van der Waals surface area (Å²) in [5.74, 6) is -1.29. The number of unbranched alkanes of at least 4 members (excludes halogenated alkanes) is 1. The predicted octanol–water partition coefficient (Wildman–Crippen LogP) is 4.18. The van der Waals surface area contributed by atoms with Crippen LogP contribution in [0.1, 0.15) is 39.5 Å². The number of hydrogen-bond acceptors (Lipinski definition) is 2. The van der Waals surface area contributed by atoms with Crippen LogP contribution >= 0.6 is 0 Å². The molecule has 1 atom stereocenters. The van der Waals surface area contributed by atoms with Gasteiger partial charge in [-0.25, -0.2) is 8.78 Å². The second kappa shape index (κ2) is 7.19. The summed E-state index contributed by atoms with van der Waals surface area (Å²) < 4.78 is 26.6. The summed E-state index contributed by atoms with van der Waals surface area (Å²) in [4.78, 5) is 0. The van der Waals surface area contributed by atoms with Crippen LogP contribution in [0.3, 0.4) is 0 Å². The molecule has 0 aliphatic heterocycles. The zero-order valence-corrected chi connectivity index (χ0v) is 11.1. The van der Waals surface area contributed by atoms with Crippen LogP contribution in [-0.2, 0) is 0 Å². The van der Waals surface area contributed by atoms with Crippen LogP contribution in [0.2, 0.25) is 0 Å². The van der Waals surface area contributed by atoms with Crippen LogP contribution in [0.15, 0.2) is 12.1 Å². The first kappa shape index (κ1) is 14.7. The summed E-state index contributed by atoms with van der Waals surface area (Å²) in [6.45, 7) is 4.87. The molecule has 0 spiro atoms. The van der Waals surface area contributed by atoms with Gasteiger partial charge in [0, 0.05) is 6.54 Å². The second-order valence-electron chi connectivity index (χ2n) is 4.62. The first-order valence-electron chi connectivity index (χ1n) is 6.57. The molecule has 4 heteroatoms. The minimum atomic E-state index is -0.889. The Morgan fingerprint density at radius 3 is 2.61 bits per heavy atom. The third kappa shape index (κ3) is 3.86. The van der Waals surface area contributed by atoms with E-state index in [0.717, 1.165) is 31.7 Å².